The molecule has 2 unspecified atom stereocenters. The van der Waals surface area contributed by atoms with Crippen LogP contribution in [-0.4, -0.2) is 11.4 Å². The lowest BCUT2D eigenvalue weighted by Gasteiger charge is -2.22. The van der Waals surface area contributed by atoms with E-state index in [-0.39, 0.29) is 6.04 Å². The van der Waals surface area contributed by atoms with Crippen molar-refractivity contribution in [2.75, 3.05) is 5.06 Å². The number of nitrogens with zero attached hydrogens (tertiary/aromatic N) is 1. The maximum atomic E-state index is 9.62. The van der Waals surface area contributed by atoms with Crippen LogP contribution >= 0.6 is 0 Å². The number of rotatable bonds is 2. The van der Waals surface area contributed by atoms with Gasteiger partial charge in [0.2, 0.25) is 0 Å². The van der Waals surface area contributed by atoms with Crippen LogP contribution in [0.15, 0.2) is 53.1 Å². The van der Waals surface area contributed by atoms with Gasteiger partial charge < -0.3 is 9.52 Å². The molecule has 1 N–H and O–H groups in total. The smallest absolute Gasteiger partial charge is 0.183 e. The molecule has 17 heavy (non-hydrogen) atoms. The lowest BCUT2D eigenvalue weighted by Crippen LogP contribution is -2.21. The number of anilines is 1. The Morgan fingerprint density at radius 1 is 1.12 bits per heavy atom. The molecular weight excluding hydrogens is 218 g/mol. The molecule has 0 saturated carbocycles. The molecule has 1 aliphatic rings. The number of hydrogen-bond donors (Lipinski definition) is 1. The van der Waals surface area contributed by atoms with Gasteiger partial charge in [-0.2, -0.15) is 0 Å². The highest BCUT2D eigenvalue weighted by Gasteiger charge is 2.35. The molecule has 1 aliphatic heterocycles. The van der Waals surface area contributed by atoms with Crippen LogP contribution in [0.3, 0.4) is 0 Å². The Balaban J connectivity index is 1.93. The standard InChI is InChI=1S/C13H13NO3/c15-13-9-11(12-7-4-8-16-12)14(17-13)10-5-2-1-3-6-10/h1-8,11,13,15H,9H2. The molecule has 0 radical (unpaired) electrons. The highest BCUT2D eigenvalue weighted by Crippen LogP contribution is 2.37. The van der Waals surface area contributed by atoms with Gasteiger partial charge in [-0.3, -0.25) is 0 Å². The van der Waals surface area contributed by atoms with E-state index < -0.39 is 6.29 Å². The first-order valence-electron chi connectivity index (χ1n) is 5.57. The molecule has 2 heterocycles. The summed E-state index contributed by atoms with van der Waals surface area (Å²) in [7, 11) is 0. The zero-order valence-electron chi connectivity index (χ0n) is 9.19. The van der Waals surface area contributed by atoms with E-state index in [1.54, 1.807) is 11.3 Å². The first kappa shape index (κ1) is 10.4. The van der Waals surface area contributed by atoms with Crippen molar-refractivity contribution in [3.05, 3.63) is 54.5 Å². The second-order valence-electron chi connectivity index (χ2n) is 3.99. The van der Waals surface area contributed by atoms with Crippen molar-refractivity contribution in [3.8, 4) is 0 Å². The van der Waals surface area contributed by atoms with Crippen LogP contribution in [-0.2, 0) is 4.84 Å². The summed E-state index contributed by atoms with van der Waals surface area (Å²) in [6.45, 7) is 0. The molecule has 0 amide bonds. The molecule has 2 aromatic rings. The van der Waals surface area contributed by atoms with E-state index in [1.165, 1.54) is 0 Å². The van der Waals surface area contributed by atoms with Gasteiger partial charge in [0.15, 0.2) is 6.29 Å². The topological polar surface area (TPSA) is 45.8 Å². The molecule has 4 nitrogen and oxygen atoms in total. The normalized spacial score (nSPS) is 24.2. The number of furan rings is 1. The Labute approximate surface area is 99.0 Å². The van der Waals surface area contributed by atoms with Gasteiger partial charge in [0.1, 0.15) is 11.8 Å². The summed E-state index contributed by atoms with van der Waals surface area (Å²) >= 11 is 0. The minimum atomic E-state index is -0.787. The fourth-order valence-corrected chi connectivity index (χ4v) is 2.06. The number of aliphatic hydroxyl groups is 1. The second kappa shape index (κ2) is 4.24. The molecule has 88 valence electrons. The van der Waals surface area contributed by atoms with Crippen molar-refractivity contribution in [2.45, 2.75) is 18.8 Å². The molecular formula is C13H13NO3. The van der Waals surface area contributed by atoms with E-state index in [9.17, 15) is 5.11 Å². The summed E-state index contributed by atoms with van der Waals surface area (Å²) in [5.74, 6) is 0.797. The fourth-order valence-electron chi connectivity index (χ4n) is 2.06. The van der Waals surface area contributed by atoms with E-state index in [4.69, 9.17) is 9.25 Å². The number of hydrogen-bond acceptors (Lipinski definition) is 4. The van der Waals surface area contributed by atoms with Crippen LogP contribution in [0.5, 0.6) is 0 Å². The van der Waals surface area contributed by atoms with Crippen molar-refractivity contribution in [3.63, 3.8) is 0 Å². The summed E-state index contributed by atoms with van der Waals surface area (Å²) in [5, 5.41) is 11.3. The van der Waals surface area contributed by atoms with Crippen LogP contribution in [0.1, 0.15) is 18.2 Å². The van der Waals surface area contributed by atoms with Gasteiger partial charge in [0.05, 0.1) is 12.0 Å². The molecule has 1 saturated heterocycles. The third-order valence-corrected chi connectivity index (χ3v) is 2.83. The maximum absolute atomic E-state index is 9.62. The van der Waals surface area contributed by atoms with Crippen LogP contribution < -0.4 is 5.06 Å². The molecule has 1 fully saturated rings. The number of aliphatic hydroxyl groups excluding tert-OH is 1. The highest BCUT2D eigenvalue weighted by atomic mass is 16.8. The fraction of sp³-hybridized carbons (Fsp3) is 0.231. The first-order chi connectivity index (χ1) is 8.34. The zero-order valence-corrected chi connectivity index (χ0v) is 9.19. The minimum absolute atomic E-state index is 0.0811. The summed E-state index contributed by atoms with van der Waals surface area (Å²) in [6.07, 6.45) is 1.34. The third kappa shape index (κ3) is 1.92. The highest BCUT2D eigenvalue weighted by molar-refractivity contribution is 5.46. The van der Waals surface area contributed by atoms with Crippen LogP contribution in [0.4, 0.5) is 5.69 Å². The van der Waals surface area contributed by atoms with Gasteiger partial charge in [0.25, 0.3) is 0 Å². The van der Waals surface area contributed by atoms with Crippen LogP contribution in [0.2, 0.25) is 0 Å². The Morgan fingerprint density at radius 3 is 2.65 bits per heavy atom. The van der Waals surface area contributed by atoms with E-state index in [2.05, 4.69) is 0 Å². The number of hydroxylamine groups is 1. The largest absolute Gasteiger partial charge is 0.467 e. The predicted molar refractivity (Wildman–Crippen MR) is 62.1 cm³/mol. The van der Waals surface area contributed by atoms with E-state index in [0.717, 1.165) is 11.4 Å². The summed E-state index contributed by atoms with van der Waals surface area (Å²) < 4.78 is 5.38. The Bertz CT molecular complexity index is 469. The van der Waals surface area contributed by atoms with E-state index >= 15 is 0 Å². The lowest BCUT2D eigenvalue weighted by atomic mass is 10.1. The van der Waals surface area contributed by atoms with Gasteiger partial charge in [-0.15, -0.1) is 0 Å². The van der Waals surface area contributed by atoms with Gasteiger partial charge >= 0.3 is 0 Å². The average Bonchev–Trinajstić information content (AvgIpc) is 2.98. The molecule has 1 aromatic carbocycles. The van der Waals surface area contributed by atoms with E-state index in [1.807, 2.05) is 42.5 Å². The Kier molecular flexibility index (Phi) is 2.59. The molecule has 0 spiro atoms. The SMILES string of the molecule is OC1CC(c2ccco2)N(c2ccccc2)O1. The molecule has 2 atom stereocenters. The monoisotopic (exact) mass is 231 g/mol. The quantitative estimate of drug-likeness (QED) is 0.862. The summed E-state index contributed by atoms with van der Waals surface area (Å²) in [4.78, 5) is 5.41. The zero-order chi connectivity index (χ0) is 11.7. The number of benzene rings is 1. The number of para-hydroxylation sites is 1. The van der Waals surface area contributed by atoms with E-state index in [0.29, 0.717) is 6.42 Å². The third-order valence-electron chi connectivity index (χ3n) is 2.83. The molecule has 4 heteroatoms. The summed E-state index contributed by atoms with van der Waals surface area (Å²) in [6, 6.07) is 13.3. The molecule has 0 bridgehead atoms. The van der Waals surface area contributed by atoms with Crippen LogP contribution in [0, 0.1) is 0 Å². The van der Waals surface area contributed by atoms with Crippen molar-refractivity contribution in [1.29, 1.82) is 0 Å². The van der Waals surface area contributed by atoms with Gasteiger partial charge in [0, 0.05) is 6.42 Å². The van der Waals surface area contributed by atoms with Crippen molar-refractivity contribution < 1.29 is 14.4 Å². The van der Waals surface area contributed by atoms with Gasteiger partial charge in [-0.05, 0) is 24.3 Å². The summed E-state index contributed by atoms with van der Waals surface area (Å²) in [5.41, 5.74) is 0.908. The van der Waals surface area contributed by atoms with Crippen molar-refractivity contribution in [1.82, 2.24) is 0 Å². The van der Waals surface area contributed by atoms with Crippen molar-refractivity contribution in [2.24, 2.45) is 0 Å². The lowest BCUT2D eigenvalue weighted by molar-refractivity contribution is -0.0707. The molecule has 3 rings (SSSR count). The second-order valence-corrected chi connectivity index (χ2v) is 3.99. The predicted octanol–water partition coefficient (Wildman–Crippen LogP) is 2.48. The maximum Gasteiger partial charge on any atom is 0.183 e. The van der Waals surface area contributed by atoms with Crippen molar-refractivity contribution >= 4 is 5.69 Å². The Hall–Kier alpha value is -1.78. The molecule has 0 aliphatic carbocycles. The van der Waals surface area contributed by atoms with Gasteiger partial charge in [-0.1, -0.05) is 18.2 Å². The minimum Gasteiger partial charge on any atom is -0.467 e. The van der Waals surface area contributed by atoms with Gasteiger partial charge in [-0.25, -0.2) is 9.90 Å². The first-order valence-corrected chi connectivity index (χ1v) is 5.57. The average molecular weight is 231 g/mol. The Morgan fingerprint density at radius 2 is 1.94 bits per heavy atom. The van der Waals surface area contributed by atoms with Crippen LogP contribution in [0.25, 0.3) is 0 Å². The molecule has 1 aromatic heterocycles.